The van der Waals surface area contributed by atoms with Gasteiger partial charge in [-0.2, -0.15) is 13.0 Å². The van der Waals surface area contributed by atoms with E-state index >= 15 is 0 Å². The van der Waals surface area contributed by atoms with Crippen LogP contribution in [0.2, 0.25) is 0 Å². The smallest absolute Gasteiger partial charge is 0.264 e. The Morgan fingerprint density at radius 2 is 1.36 bits per heavy atom. The number of rotatable bonds is 26. The van der Waals surface area contributed by atoms with Crippen LogP contribution in [0, 0.1) is 0 Å². The molecule has 6 rings (SSSR count). The molecule has 0 fully saturated rings. The van der Waals surface area contributed by atoms with E-state index in [4.69, 9.17) is 5.26 Å². The first-order valence-electron chi connectivity index (χ1n) is 24.7. The van der Waals surface area contributed by atoms with Crippen molar-refractivity contribution in [1.82, 2.24) is 10.6 Å². The molecular formula is C54H71N4O14S2+. The first-order valence-corrected chi connectivity index (χ1v) is 27.2. The number of amides is 2. The Hall–Kier alpha value is -5.07. The predicted octanol–water partition coefficient (Wildman–Crippen LogP) is 5.27. The lowest BCUT2D eigenvalue weighted by Gasteiger charge is -2.29. The molecule has 402 valence electrons. The van der Waals surface area contributed by atoms with Gasteiger partial charge in [-0.25, -0.2) is 5.26 Å². The first kappa shape index (κ1) is 58.2. The van der Waals surface area contributed by atoms with Crippen molar-refractivity contribution < 1.29 is 72.4 Å². The van der Waals surface area contributed by atoms with Gasteiger partial charge in [-0.3, -0.25) is 14.1 Å². The van der Waals surface area contributed by atoms with E-state index in [9.17, 15) is 53.2 Å². The van der Waals surface area contributed by atoms with Crippen molar-refractivity contribution in [2.45, 2.75) is 94.5 Å². The molecule has 2 heterocycles. The third-order valence-electron chi connectivity index (χ3n) is 14.3. The summed E-state index contributed by atoms with van der Waals surface area (Å²) >= 11 is 0.992. The highest BCUT2D eigenvalue weighted by Gasteiger charge is 2.45. The summed E-state index contributed by atoms with van der Waals surface area (Å²) in [4.78, 5) is 29.4. The van der Waals surface area contributed by atoms with Gasteiger partial charge in [0, 0.05) is 76.4 Å². The van der Waals surface area contributed by atoms with Crippen LogP contribution in [0.15, 0.2) is 108 Å². The monoisotopic (exact) mass is 1060 g/mol. The highest BCUT2D eigenvalue weighted by atomic mass is 32.2. The Labute approximate surface area is 437 Å². The molecule has 0 saturated carbocycles. The quantitative estimate of drug-likeness (QED) is 0.0122. The number of benzene rings is 3. The largest absolute Gasteiger partial charge is 0.394 e. The van der Waals surface area contributed by atoms with Crippen LogP contribution < -0.4 is 15.5 Å². The SMILES string of the molecule is CC1(C)C(/C=C/C2=C(c3ccccc3)C(=C/C=C3/N(CCCCSOOO)c4ccc(C(=O)NC(CO)(CO)CO)cc4C3(C)C)/CCC2)=[N+](CCCCS(=O)(=O)O)c2ccc(C(=O)NC(CO)(CO)CO)cc21. The molecular weight excluding hydrogens is 993 g/mol. The van der Waals surface area contributed by atoms with Crippen molar-refractivity contribution in [2.24, 2.45) is 0 Å². The van der Waals surface area contributed by atoms with E-state index in [-0.39, 0.29) is 17.7 Å². The van der Waals surface area contributed by atoms with Crippen molar-refractivity contribution in [3.8, 4) is 0 Å². The zero-order valence-electron chi connectivity index (χ0n) is 42.4. The summed E-state index contributed by atoms with van der Waals surface area (Å²) in [5.74, 6) is -0.976. The first-order chi connectivity index (χ1) is 35.3. The Morgan fingerprint density at radius 3 is 1.96 bits per heavy atom. The molecule has 0 radical (unpaired) electrons. The third kappa shape index (κ3) is 13.1. The molecule has 3 aromatic carbocycles. The molecule has 1 aliphatic carbocycles. The van der Waals surface area contributed by atoms with Gasteiger partial charge in [0.25, 0.3) is 21.9 Å². The maximum Gasteiger partial charge on any atom is 0.264 e. The van der Waals surface area contributed by atoms with Crippen molar-refractivity contribution in [1.29, 1.82) is 0 Å². The predicted molar refractivity (Wildman–Crippen MR) is 284 cm³/mol. The standard InChI is InChI=1S/C54H70N4O14S2/c1-51(2)42-29-40(49(65)55-53(31-59,32-60)33-61)17-21-44(42)57(25-8-10-27-73-72-71-67)46(51)23-19-38-15-12-16-39(48(38)37-13-6-5-7-14-37)20-24-47-52(3,4)43-30-41(50(66)56-54(34-62,35-63)36-64)18-22-45(43)58(47)26-9-11-28-74(68,69)70/h5-7,13-14,17-24,29-30,59-64H,8-12,15-16,25-28,31-36H2,1-4H3,(H3-,55,56,65,66,67,68,69,70)/p+1. The minimum Gasteiger partial charge on any atom is -0.394 e. The van der Waals surface area contributed by atoms with Crippen LogP contribution in [0.1, 0.15) is 110 Å². The number of aliphatic hydroxyl groups is 6. The van der Waals surface area contributed by atoms with Crippen molar-refractivity contribution in [3.63, 3.8) is 0 Å². The average Bonchev–Trinajstić information content (AvgIpc) is 3.74. The zero-order chi connectivity index (χ0) is 53.9. The highest BCUT2D eigenvalue weighted by Crippen LogP contribution is 2.49. The zero-order valence-corrected chi connectivity index (χ0v) is 44.1. The van der Waals surface area contributed by atoms with Crippen LogP contribution >= 0.6 is 12.0 Å². The molecule has 0 bridgehead atoms. The molecule has 0 saturated heterocycles. The van der Waals surface area contributed by atoms with Gasteiger partial charge in [0.05, 0.1) is 50.8 Å². The van der Waals surface area contributed by atoms with Crippen LogP contribution in [0.4, 0.5) is 11.4 Å². The van der Waals surface area contributed by atoms with E-state index in [1.165, 1.54) is 0 Å². The van der Waals surface area contributed by atoms with E-state index in [2.05, 4.69) is 79.8 Å². The number of carbonyl (C=O) groups excluding carboxylic acids is 2. The second kappa shape index (κ2) is 25.2. The van der Waals surface area contributed by atoms with Crippen LogP contribution in [0.3, 0.4) is 0 Å². The van der Waals surface area contributed by atoms with Gasteiger partial charge < -0.3 is 46.2 Å². The summed E-state index contributed by atoms with van der Waals surface area (Å²) in [5, 5.41) is 77.1. The number of fused-ring (bicyclic) bond motifs is 2. The van der Waals surface area contributed by atoms with E-state index in [1.54, 1.807) is 18.2 Å². The van der Waals surface area contributed by atoms with Gasteiger partial charge in [-0.15, -0.1) is 4.33 Å². The lowest BCUT2D eigenvalue weighted by molar-refractivity contribution is -0.438. The normalized spacial score (nSPS) is 17.7. The number of allylic oxidation sites excluding steroid dienone is 8. The number of carbonyl (C=O) groups is 2. The maximum absolute atomic E-state index is 13.6. The molecule has 0 spiro atoms. The minimum absolute atomic E-state index is 0.214. The van der Waals surface area contributed by atoms with Gasteiger partial charge in [-0.05, 0) is 117 Å². The van der Waals surface area contributed by atoms with Gasteiger partial charge in [0.1, 0.15) is 17.6 Å². The number of nitrogens with one attached hydrogen (secondary N) is 2. The van der Waals surface area contributed by atoms with E-state index < -0.39 is 83.5 Å². The summed E-state index contributed by atoms with van der Waals surface area (Å²) in [6.07, 6.45) is 13.0. The summed E-state index contributed by atoms with van der Waals surface area (Å²) < 4.78 is 39.6. The lowest BCUT2D eigenvalue weighted by Crippen LogP contribution is -2.57. The van der Waals surface area contributed by atoms with Crippen LogP contribution in [0.5, 0.6) is 0 Å². The second-order valence-electron chi connectivity index (χ2n) is 20.2. The number of hydrogen-bond donors (Lipinski definition) is 10. The van der Waals surface area contributed by atoms with Gasteiger partial charge in [0.2, 0.25) is 5.69 Å². The molecule has 3 aromatic rings. The summed E-state index contributed by atoms with van der Waals surface area (Å²) in [5.41, 5.74) is 5.57. The average molecular weight is 1060 g/mol. The molecule has 20 heteroatoms. The Kier molecular flexibility index (Phi) is 19.8. The van der Waals surface area contributed by atoms with Gasteiger partial charge in [-0.1, -0.05) is 61.4 Å². The third-order valence-corrected chi connectivity index (χ3v) is 15.8. The van der Waals surface area contributed by atoms with E-state index in [1.807, 2.05) is 50.2 Å². The molecule has 0 aromatic heterocycles. The molecule has 0 atom stereocenters. The fourth-order valence-corrected chi connectivity index (χ4v) is 10.9. The number of hydrogen-bond acceptors (Lipinski definition) is 15. The number of unbranched alkanes of at least 4 members (excludes halogenated alkanes) is 2. The molecule has 2 amide bonds. The van der Waals surface area contributed by atoms with Crippen molar-refractivity contribution >= 4 is 56.6 Å². The molecule has 3 aliphatic rings. The van der Waals surface area contributed by atoms with Gasteiger partial charge >= 0.3 is 0 Å². The number of aliphatic hydroxyl groups excluding tert-OH is 6. The molecule has 74 heavy (non-hydrogen) atoms. The summed E-state index contributed by atoms with van der Waals surface area (Å²) in [6.45, 7) is 5.26. The van der Waals surface area contributed by atoms with Crippen molar-refractivity contribution in [3.05, 3.63) is 136 Å². The van der Waals surface area contributed by atoms with Crippen molar-refractivity contribution in [2.75, 3.05) is 69.1 Å². The Bertz CT molecular complexity index is 2750. The molecule has 0 unspecified atom stereocenters. The Morgan fingerprint density at radius 1 is 0.757 bits per heavy atom. The Balaban J connectivity index is 1.43. The summed E-state index contributed by atoms with van der Waals surface area (Å²) in [6, 6.07) is 20.7. The second-order valence-corrected chi connectivity index (χ2v) is 22.5. The minimum atomic E-state index is -4.18. The van der Waals surface area contributed by atoms with E-state index in [0.717, 1.165) is 100 Å². The van der Waals surface area contributed by atoms with E-state index in [0.29, 0.717) is 30.8 Å². The maximum atomic E-state index is 13.6. The molecule has 10 N–H and O–H groups in total. The van der Waals surface area contributed by atoms with Crippen LogP contribution in [0.25, 0.3) is 5.57 Å². The summed E-state index contributed by atoms with van der Waals surface area (Å²) in [7, 11) is -4.18. The highest BCUT2D eigenvalue weighted by molar-refractivity contribution is 7.94. The fourth-order valence-electron chi connectivity index (χ4n) is 9.91. The molecule has 2 aliphatic heterocycles. The van der Waals surface area contributed by atoms with Crippen LogP contribution in [-0.2, 0) is 30.3 Å². The topological polar surface area (TPSA) is 279 Å². The van der Waals surface area contributed by atoms with Gasteiger partial charge in [0.15, 0.2) is 5.71 Å². The number of nitrogens with zero attached hydrogens (tertiary/aromatic N) is 2. The molecule has 18 nitrogen and oxygen atoms in total. The number of anilines is 1. The fraction of sp³-hybridized carbons (Fsp3) is 0.463. The lowest BCUT2D eigenvalue weighted by atomic mass is 9.79. The van der Waals surface area contributed by atoms with Crippen LogP contribution in [-0.4, -0.2) is 146 Å².